The van der Waals surface area contributed by atoms with E-state index in [1.54, 1.807) is 49.6 Å². The van der Waals surface area contributed by atoms with Gasteiger partial charge >= 0.3 is 0 Å². The highest BCUT2D eigenvalue weighted by atomic mass is 16.5. The van der Waals surface area contributed by atoms with Crippen LogP contribution in [0.5, 0.6) is 17.2 Å². The number of ketones is 1. The minimum Gasteiger partial charge on any atom is -0.497 e. The fourth-order valence-corrected chi connectivity index (χ4v) is 2.39. The molecule has 2 rings (SSSR count). The monoisotopic (exact) mass is 329 g/mol. The molecule has 0 saturated heterocycles. The Morgan fingerprint density at radius 3 is 2.29 bits per heavy atom. The number of carbonyl (C=O) groups excluding carboxylic acids is 1. The third kappa shape index (κ3) is 4.19. The number of nitrogens with two attached hydrogens (primary N) is 1. The molecular formula is C19H23NO4. The molecule has 0 aliphatic heterocycles. The summed E-state index contributed by atoms with van der Waals surface area (Å²) in [7, 11) is 3.10. The van der Waals surface area contributed by atoms with E-state index in [2.05, 4.69) is 0 Å². The molecule has 0 radical (unpaired) electrons. The van der Waals surface area contributed by atoms with Gasteiger partial charge in [0.05, 0.1) is 19.8 Å². The summed E-state index contributed by atoms with van der Waals surface area (Å²) >= 11 is 0. The zero-order valence-corrected chi connectivity index (χ0v) is 14.2. The van der Waals surface area contributed by atoms with E-state index in [1.807, 2.05) is 6.92 Å². The smallest absolute Gasteiger partial charge is 0.207 e. The van der Waals surface area contributed by atoms with E-state index in [-0.39, 0.29) is 5.78 Å². The first-order valence-electron chi connectivity index (χ1n) is 7.87. The van der Waals surface area contributed by atoms with Crippen molar-refractivity contribution < 1.29 is 19.0 Å². The topological polar surface area (TPSA) is 70.8 Å². The highest BCUT2D eigenvalue weighted by Crippen LogP contribution is 2.27. The second kappa shape index (κ2) is 8.24. The predicted molar refractivity (Wildman–Crippen MR) is 94.1 cm³/mol. The van der Waals surface area contributed by atoms with Gasteiger partial charge in [-0.05, 0) is 42.8 Å². The average Bonchev–Trinajstić information content (AvgIpc) is 2.62. The molecule has 0 aliphatic rings. The number of methoxy groups -OCH3 is 2. The van der Waals surface area contributed by atoms with Gasteiger partial charge < -0.3 is 19.9 Å². The van der Waals surface area contributed by atoms with Crippen molar-refractivity contribution >= 4 is 11.5 Å². The third-order valence-electron chi connectivity index (χ3n) is 3.68. The zero-order valence-electron chi connectivity index (χ0n) is 14.2. The third-order valence-corrected chi connectivity index (χ3v) is 3.68. The summed E-state index contributed by atoms with van der Waals surface area (Å²) in [6, 6.07) is 12.1. The summed E-state index contributed by atoms with van der Waals surface area (Å²) in [5.41, 5.74) is 6.81. The van der Waals surface area contributed by atoms with E-state index in [0.717, 1.165) is 6.42 Å². The van der Waals surface area contributed by atoms with Crippen LogP contribution in [0.1, 0.15) is 30.1 Å². The lowest BCUT2D eigenvalue weighted by Crippen LogP contribution is -2.27. The molecule has 1 unspecified atom stereocenters. The van der Waals surface area contributed by atoms with Gasteiger partial charge in [-0.25, -0.2) is 0 Å². The highest BCUT2D eigenvalue weighted by Gasteiger charge is 2.24. The Morgan fingerprint density at radius 1 is 1.04 bits per heavy atom. The molecule has 2 N–H and O–H groups in total. The number of ether oxygens (including phenoxy) is 3. The molecule has 128 valence electrons. The molecule has 0 heterocycles. The molecule has 1 atom stereocenters. The molecule has 0 bridgehead atoms. The van der Waals surface area contributed by atoms with E-state index in [4.69, 9.17) is 19.9 Å². The van der Waals surface area contributed by atoms with Crippen molar-refractivity contribution in [3.63, 3.8) is 0 Å². The molecule has 0 fully saturated rings. The molecule has 5 heteroatoms. The number of nitrogen functional groups attached to an aromatic ring is 1. The number of Topliss-reactive ketones (excluding diaryl/α,β-unsaturated/α-hetero) is 1. The van der Waals surface area contributed by atoms with E-state index < -0.39 is 6.10 Å². The summed E-state index contributed by atoms with van der Waals surface area (Å²) in [5.74, 6) is 1.60. The largest absolute Gasteiger partial charge is 0.497 e. The van der Waals surface area contributed by atoms with Crippen LogP contribution in [0.4, 0.5) is 5.69 Å². The Balaban J connectivity index is 2.26. The van der Waals surface area contributed by atoms with Crippen molar-refractivity contribution in [3.8, 4) is 17.2 Å². The van der Waals surface area contributed by atoms with Crippen LogP contribution in [0.3, 0.4) is 0 Å². The van der Waals surface area contributed by atoms with Crippen LogP contribution < -0.4 is 19.9 Å². The highest BCUT2D eigenvalue weighted by molar-refractivity contribution is 6.02. The minimum atomic E-state index is -0.582. The van der Waals surface area contributed by atoms with Crippen LogP contribution in [-0.4, -0.2) is 26.1 Å². The molecule has 0 aromatic heterocycles. The molecule has 24 heavy (non-hydrogen) atoms. The number of hydrogen-bond donors (Lipinski definition) is 1. The summed E-state index contributed by atoms with van der Waals surface area (Å²) in [4.78, 5) is 12.9. The fourth-order valence-electron chi connectivity index (χ4n) is 2.39. The van der Waals surface area contributed by atoms with Crippen LogP contribution in [0, 0.1) is 0 Å². The van der Waals surface area contributed by atoms with Crippen molar-refractivity contribution in [2.75, 3.05) is 20.0 Å². The van der Waals surface area contributed by atoms with E-state index in [1.165, 1.54) is 7.11 Å². The van der Waals surface area contributed by atoms with E-state index >= 15 is 0 Å². The van der Waals surface area contributed by atoms with Gasteiger partial charge in [-0.15, -0.1) is 0 Å². The minimum absolute atomic E-state index is 0.117. The molecule has 2 aromatic rings. The Morgan fingerprint density at radius 2 is 1.71 bits per heavy atom. The van der Waals surface area contributed by atoms with Gasteiger partial charge in [0, 0.05) is 11.8 Å². The van der Waals surface area contributed by atoms with Crippen molar-refractivity contribution in [2.24, 2.45) is 0 Å². The van der Waals surface area contributed by atoms with Crippen molar-refractivity contribution in [2.45, 2.75) is 25.9 Å². The Hall–Kier alpha value is -2.69. The second-order valence-electron chi connectivity index (χ2n) is 5.39. The van der Waals surface area contributed by atoms with Gasteiger partial charge in [-0.3, -0.25) is 4.79 Å². The van der Waals surface area contributed by atoms with Gasteiger partial charge in [0.15, 0.2) is 6.10 Å². The molecule has 0 aliphatic carbocycles. The number of rotatable bonds is 8. The fraction of sp³-hybridized carbons (Fsp3) is 0.316. The standard InChI is InChI=1S/C19H23NO4/c1-4-5-17(24-14-8-6-13(20)7-9-14)19(21)16-11-10-15(22-2)12-18(16)23-3/h6-12,17H,4-5,20H2,1-3H3. The second-order valence-corrected chi connectivity index (χ2v) is 5.39. The lowest BCUT2D eigenvalue weighted by Gasteiger charge is -2.19. The van der Waals surface area contributed by atoms with Crippen LogP contribution in [0.25, 0.3) is 0 Å². The molecular weight excluding hydrogens is 306 g/mol. The van der Waals surface area contributed by atoms with Gasteiger partial charge in [-0.1, -0.05) is 13.3 Å². The Labute approximate surface area is 142 Å². The van der Waals surface area contributed by atoms with Crippen LogP contribution >= 0.6 is 0 Å². The zero-order chi connectivity index (χ0) is 17.5. The van der Waals surface area contributed by atoms with Crippen molar-refractivity contribution in [1.82, 2.24) is 0 Å². The Kier molecular flexibility index (Phi) is 6.07. The number of hydrogen-bond acceptors (Lipinski definition) is 5. The Bertz CT molecular complexity index is 682. The summed E-state index contributed by atoms with van der Waals surface area (Å²) < 4.78 is 16.4. The lowest BCUT2D eigenvalue weighted by molar-refractivity contribution is 0.0774. The maximum atomic E-state index is 12.9. The first-order valence-corrected chi connectivity index (χ1v) is 7.87. The van der Waals surface area contributed by atoms with Crippen LogP contribution in [0.2, 0.25) is 0 Å². The molecule has 2 aromatic carbocycles. The van der Waals surface area contributed by atoms with Gasteiger partial charge in [-0.2, -0.15) is 0 Å². The molecule has 0 spiro atoms. The maximum Gasteiger partial charge on any atom is 0.207 e. The van der Waals surface area contributed by atoms with E-state index in [9.17, 15) is 4.79 Å². The van der Waals surface area contributed by atoms with Crippen LogP contribution in [-0.2, 0) is 0 Å². The van der Waals surface area contributed by atoms with Crippen molar-refractivity contribution in [1.29, 1.82) is 0 Å². The predicted octanol–water partition coefficient (Wildman–Crippen LogP) is 3.72. The first kappa shape index (κ1) is 17.7. The summed E-state index contributed by atoms with van der Waals surface area (Å²) in [6.45, 7) is 2.01. The quantitative estimate of drug-likeness (QED) is 0.590. The lowest BCUT2D eigenvalue weighted by atomic mass is 10.0. The molecule has 0 saturated carbocycles. The van der Waals surface area contributed by atoms with Crippen LogP contribution in [0.15, 0.2) is 42.5 Å². The van der Waals surface area contributed by atoms with Crippen molar-refractivity contribution in [3.05, 3.63) is 48.0 Å². The number of anilines is 1. The molecule has 5 nitrogen and oxygen atoms in total. The molecule has 0 amide bonds. The normalized spacial score (nSPS) is 11.6. The number of benzene rings is 2. The number of carbonyl (C=O) groups is 1. The maximum absolute atomic E-state index is 12.9. The summed E-state index contributed by atoms with van der Waals surface area (Å²) in [6.07, 6.45) is 0.850. The first-order chi connectivity index (χ1) is 11.6. The van der Waals surface area contributed by atoms with Gasteiger partial charge in [0.1, 0.15) is 17.2 Å². The average molecular weight is 329 g/mol. The van der Waals surface area contributed by atoms with Gasteiger partial charge in [0.25, 0.3) is 0 Å². The van der Waals surface area contributed by atoms with Gasteiger partial charge in [0.2, 0.25) is 5.78 Å². The SMILES string of the molecule is CCCC(Oc1ccc(N)cc1)C(=O)c1ccc(OC)cc1OC. The summed E-state index contributed by atoms with van der Waals surface area (Å²) in [5, 5.41) is 0. The van der Waals surface area contributed by atoms with E-state index in [0.29, 0.717) is 34.9 Å².